The number of nitro groups is 1. The Morgan fingerprint density at radius 3 is 2.58 bits per heavy atom. The van der Waals surface area contributed by atoms with Gasteiger partial charge in [-0.3, -0.25) is 10.1 Å². The van der Waals surface area contributed by atoms with Crippen molar-refractivity contribution >= 4 is 27.5 Å². The van der Waals surface area contributed by atoms with Crippen LogP contribution in [0.4, 0.5) is 5.69 Å². The second kappa shape index (κ2) is 7.29. The molecule has 1 fully saturated rings. The van der Waals surface area contributed by atoms with Gasteiger partial charge in [-0.1, -0.05) is 0 Å². The lowest BCUT2D eigenvalue weighted by Crippen LogP contribution is -2.27. The van der Waals surface area contributed by atoms with Gasteiger partial charge in [-0.25, -0.2) is 13.1 Å². The highest BCUT2D eigenvalue weighted by molar-refractivity contribution is 7.99. The first-order valence-electron chi connectivity index (χ1n) is 8.05. The van der Waals surface area contributed by atoms with Crippen LogP contribution < -0.4 is 0 Å². The van der Waals surface area contributed by atoms with Crippen LogP contribution in [0.3, 0.4) is 0 Å². The lowest BCUT2D eigenvalue weighted by molar-refractivity contribution is -0.388. The molecule has 0 N–H and O–H groups in total. The first kappa shape index (κ1) is 18.7. The summed E-state index contributed by atoms with van der Waals surface area (Å²) in [6.07, 6.45) is 1.60. The number of nitrogens with zero attached hydrogens (tertiary/aromatic N) is 6. The van der Waals surface area contributed by atoms with E-state index in [0.29, 0.717) is 18.2 Å². The number of sulfonamides is 1. The zero-order valence-corrected chi connectivity index (χ0v) is 15.9. The highest BCUT2D eigenvalue weighted by atomic mass is 32.2. The molecular weight excluding hydrogens is 380 g/mol. The monoisotopic (exact) mass is 398 g/mol. The summed E-state index contributed by atoms with van der Waals surface area (Å²) in [5.41, 5.74) is -0.284. The van der Waals surface area contributed by atoms with Gasteiger partial charge in [-0.2, -0.15) is 4.31 Å². The Morgan fingerprint density at radius 2 is 1.96 bits per heavy atom. The summed E-state index contributed by atoms with van der Waals surface area (Å²) >= 11 is 1.03. The molecule has 1 aliphatic rings. The van der Waals surface area contributed by atoms with E-state index in [-0.39, 0.29) is 21.5 Å². The molecule has 0 amide bonds. The van der Waals surface area contributed by atoms with Crippen molar-refractivity contribution in [3.05, 3.63) is 28.3 Å². The molecule has 1 aliphatic heterocycles. The normalized spacial score (nSPS) is 15.7. The number of aromatic nitrogens is 4. The second-order valence-electron chi connectivity index (χ2n) is 6.10. The summed E-state index contributed by atoms with van der Waals surface area (Å²) in [6.45, 7) is 4.66. The van der Waals surface area contributed by atoms with Gasteiger partial charge in [0.05, 0.1) is 20.8 Å². The van der Waals surface area contributed by atoms with E-state index in [0.717, 1.165) is 30.7 Å². The third-order valence-corrected chi connectivity index (χ3v) is 6.89. The molecule has 10 nitrogen and oxygen atoms in total. The number of rotatable bonds is 6. The highest BCUT2D eigenvalue weighted by Crippen LogP contribution is 2.36. The number of tetrazole rings is 1. The predicted molar refractivity (Wildman–Crippen MR) is 93.4 cm³/mol. The van der Waals surface area contributed by atoms with Gasteiger partial charge in [0, 0.05) is 19.2 Å². The van der Waals surface area contributed by atoms with E-state index in [4.69, 9.17) is 0 Å². The van der Waals surface area contributed by atoms with Crippen molar-refractivity contribution in [2.75, 3.05) is 13.1 Å². The number of benzene rings is 1. The summed E-state index contributed by atoms with van der Waals surface area (Å²) in [4.78, 5) is 11.1. The lowest BCUT2D eigenvalue weighted by Gasteiger charge is -2.15. The molecule has 2 aromatic rings. The van der Waals surface area contributed by atoms with Gasteiger partial charge in [-0.05, 0) is 61.0 Å². The fourth-order valence-corrected chi connectivity index (χ4v) is 5.17. The first-order valence-corrected chi connectivity index (χ1v) is 10.3. The summed E-state index contributed by atoms with van der Waals surface area (Å²) in [6, 6.07) is 3.93. The third-order valence-electron chi connectivity index (χ3n) is 3.98. The van der Waals surface area contributed by atoms with Gasteiger partial charge in [0.1, 0.15) is 0 Å². The Labute approximate surface area is 154 Å². The van der Waals surface area contributed by atoms with E-state index in [9.17, 15) is 18.5 Å². The van der Waals surface area contributed by atoms with Crippen LogP contribution in [0.1, 0.15) is 32.7 Å². The van der Waals surface area contributed by atoms with E-state index in [1.807, 2.05) is 13.8 Å². The van der Waals surface area contributed by atoms with Gasteiger partial charge in [0.25, 0.3) is 5.69 Å². The van der Waals surface area contributed by atoms with E-state index in [1.165, 1.54) is 16.4 Å². The molecular formula is C14H18N6O4S2. The zero-order chi connectivity index (χ0) is 18.9. The summed E-state index contributed by atoms with van der Waals surface area (Å²) in [5.74, 6) is 0. The fraction of sp³-hybridized carbons (Fsp3) is 0.500. The van der Waals surface area contributed by atoms with Crippen LogP contribution >= 0.6 is 11.8 Å². The molecule has 3 rings (SSSR count). The Kier molecular flexibility index (Phi) is 5.25. The molecule has 1 aromatic carbocycles. The second-order valence-corrected chi connectivity index (χ2v) is 9.05. The van der Waals surface area contributed by atoms with Crippen LogP contribution in [0.25, 0.3) is 0 Å². The summed E-state index contributed by atoms with van der Waals surface area (Å²) in [7, 11) is -3.72. The van der Waals surface area contributed by atoms with Crippen molar-refractivity contribution in [3.8, 4) is 0 Å². The van der Waals surface area contributed by atoms with Crippen LogP contribution in [-0.4, -0.2) is 50.9 Å². The van der Waals surface area contributed by atoms with Crippen LogP contribution in [0, 0.1) is 10.1 Å². The lowest BCUT2D eigenvalue weighted by atomic mass is 10.3. The smallest absolute Gasteiger partial charge is 0.258 e. The van der Waals surface area contributed by atoms with E-state index < -0.39 is 14.9 Å². The Balaban J connectivity index is 1.97. The van der Waals surface area contributed by atoms with Crippen molar-refractivity contribution in [2.45, 2.75) is 47.7 Å². The van der Waals surface area contributed by atoms with Crippen molar-refractivity contribution in [2.24, 2.45) is 0 Å². The molecule has 0 bridgehead atoms. The van der Waals surface area contributed by atoms with Gasteiger partial charge in [0.15, 0.2) is 0 Å². The maximum Gasteiger partial charge on any atom is 0.284 e. The molecule has 140 valence electrons. The van der Waals surface area contributed by atoms with E-state index in [2.05, 4.69) is 15.5 Å². The summed E-state index contributed by atoms with van der Waals surface area (Å²) in [5, 5.41) is 23.2. The SMILES string of the molecule is CC(C)n1nnnc1Sc1ccc(S(=O)(=O)N2CCCC2)cc1[N+](=O)[O-]. The van der Waals surface area contributed by atoms with E-state index >= 15 is 0 Å². The minimum atomic E-state index is -3.72. The number of nitro benzene ring substituents is 1. The van der Waals surface area contributed by atoms with Crippen LogP contribution in [0.2, 0.25) is 0 Å². The standard InChI is InChI=1S/C14H18N6O4S2/c1-10(2)19-14(15-16-17-19)25-13-6-5-11(9-12(13)20(21)22)26(23,24)18-7-3-4-8-18/h5-6,9-10H,3-4,7-8H2,1-2H3. The molecule has 0 aliphatic carbocycles. The topological polar surface area (TPSA) is 124 Å². The molecule has 0 saturated carbocycles. The molecule has 26 heavy (non-hydrogen) atoms. The van der Waals surface area contributed by atoms with Gasteiger partial charge in [0.2, 0.25) is 15.2 Å². The largest absolute Gasteiger partial charge is 0.284 e. The third kappa shape index (κ3) is 3.57. The van der Waals surface area contributed by atoms with Gasteiger partial charge in [-0.15, -0.1) is 5.10 Å². The van der Waals surface area contributed by atoms with Crippen molar-refractivity contribution in [1.82, 2.24) is 24.5 Å². The maximum absolute atomic E-state index is 12.6. The molecule has 2 heterocycles. The first-order chi connectivity index (χ1) is 12.3. The molecule has 0 atom stereocenters. The molecule has 1 saturated heterocycles. The maximum atomic E-state index is 12.6. The zero-order valence-electron chi connectivity index (χ0n) is 14.3. The molecule has 1 aromatic heterocycles. The predicted octanol–water partition coefficient (Wildman–Crippen LogP) is 2.10. The molecule has 0 radical (unpaired) electrons. The van der Waals surface area contributed by atoms with Crippen LogP contribution in [-0.2, 0) is 10.0 Å². The van der Waals surface area contributed by atoms with Crippen LogP contribution in [0.15, 0.2) is 33.1 Å². The average molecular weight is 398 g/mol. The highest BCUT2D eigenvalue weighted by Gasteiger charge is 2.30. The quantitative estimate of drug-likeness (QED) is 0.535. The van der Waals surface area contributed by atoms with Crippen molar-refractivity contribution in [3.63, 3.8) is 0 Å². The molecule has 0 unspecified atom stereocenters. The average Bonchev–Trinajstić information content (AvgIpc) is 3.26. The summed E-state index contributed by atoms with van der Waals surface area (Å²) < 4.78 is 28.2. The van der Waals surface area contributed by atoms with Crippen LogP contribution in [0.5, 0.6) is 0 Å². The van der Waals surface area contributed by atoms with Crippen molar-refractivity contribution in [1.29, 1.82) is 0 Å². The molecule has 12 heteroatoms. The number of hydrogen-bond donors (Lipinski definition) is 0. The van der Waals surface area contributed by atoms with Gasteiger partial charge < -0.3 is 0 Å². The fourth-order valence-electron chi connectivity index (χ4n) is 2.64. The Bertz CT molecular complexity index is 921. The Hall–Kier alpha value is -2.05. The Morgan fingerprint density at radius 1 is 1.27 bits per heavy atom. The van der Waals surface area contributed by atoms with Gasteiger partial charge >= 0.3 is 0 Å². The van der Waals surface area contributed by atoms with Crippen molar-refractivity contribution < 1.29 is 13.3 Å². The number of hydrogen-bond acceptors (Lipinski definition) is 8. The van der Waals surface area contributed by atoms with E-state index in [1.54, 1.807) is 4.68 Å². The minimum absolute atomic E-state index is 0.0126. The molecule has 0 spiro atoms. The minimum Gasteiger partial charge on any atom is -0.258 e.